The van der Waals surface area contributed by atoms with Crippen LogP contribution in [-0.2, 0) is 0 Å². The third-order valence-corrected chi connectivity index (χ3v) is 4.44. The van der Waals surface area contributed by atoms with Crippen molar-refractivity contribution in [2.45, 2.75) is 6.92 Å². The number of nitrogen functional groups attached to an aromatic ring is 1. The first kappa shape index (κ1) is 19.2. The molecule has 9 nitrogen and oxygen atoms in total. The molecule has 0 saturated carbocycles. The van der Waals surface area contributed by atoms with Gasteiger partial charge in [0.2, 0.25) is 5.89 Å². The summed E-state index contributed by atoms with van der Waals surface area (Å²) in [5.41, 5.74) is 9.59. The van der Waals surface area contributed by atoms with Crippen molar-refractivity contribution in [1.82, 2.24) is 30.0 Å². The van der Waals surface area contributed by atoms with Crippen LogP contribution in [0, 0.1) is 6.92 Å². The van der Waals surface area contributed by atoms with Gasteiger partial charge in [0.25, 0.3) is 11.8 Å². The SMILES string of the molecule is Cc1ncc(-c2ccc(C(=O)N(C)C)cc2)nc1-c1nnc(-c2ccnc(N)c2)o1.[HH].[HH].[HH]. The number of pyridine rings is 1. The second kappa shape index (κ2) is 7.70. The molecule has 0 aliphatic heterocycles. The number of aromatic nitrogens is 5. The van der Waals surface area contributed by atoms with Crippen LogP contribution in [0.25, 0.3) is 34.3 Å². The van der Waals surface area contributed by atoms with E-state index in [1.54, 1.807) is 50.8 Å². The standard InChI is InChI=1S/C21H19N7O2.3H2/c1-12-18(20-27-26-19(30-20)15-8-9-23-17(22)10-15)25-16(11-24-12)13-4-6-14(7-5-13)21(29)28(2)3;;;/h4-11H,1-3H3,(H2,22,23);3*1H. The van der Waals surface area contributed by atoms with Gasteiger partial charge in [0.15, 0.2) is 0 Å². The Balaban J connectivity index is 0.00000181. The van der Waals surface area contributed by atoms with E-state index >= 15 is 0 Å². The lowest BCUT2D eigenvalue weighted by atomic mass is 10.1. The van der Waals surface area contributed by atoms with Crippen LogP contribution in [0.15, 0.2) is 53.2 Å². The van der Waals surface area contributed by atoms with E-state index in [1.165, 1.54) is 4.90 Å². The summed E-state index contributed by atoms with van der Waals surface area (Å²) >= 11 is 0. The first-order valence-corrected chi connectivity index (χ1v) is 9.14. The van der Waals surface area contributed by atoms with Crippen molar-refractivity contribution in [2.75, 3.05) is 19.8 Å². The highest BCUT2D eigenvalue weighted by atomic mass is 16.4. The van der Waals surface area contributed by atoms with Crippen LogP contribution >= 0.6 is 0 Å². The molecule has 0 aliphatic rings. The van der Waals surface area contributed by atoms with E-state index in [-0.39, 0.29) is 16.1 Å². The van der Waals surface area contributed by atoms with Crippen molar-refractivity contribution in [2.24, 2.45) is 0 Å². The summed E-state index contributed by atoms with van der Waals surface area (Å²) in [6.45, 7) is 1.82. The molecule has 1 amide bonds. The molecule has 9 heteroatoms. The molecule has 156 valence electrons. The summed E-state index contributed by atoms with van der Waals surface area (Å²) in [5.74, 6) is 0.873. The molecular weight excluding hydrogens is 382 g/mol. The van der Waals surface area contributed by atoms with Gasteiger partial charge in [0.05, 0.1) is 17.6 Å². The number of amides is 1. The van der Waals surface area contributed by atoms with E-state index in [0.29, 0.717) is 39.9 Å². The smallest absolute Gasteiger partial charge is 0.268 e. The molecule has 30 heavy (non-hydrogen) atoms. The maximum Gasteiger partial charge on any atom is 0.268 e. The van der Waals surface area contributed by atoms with Crippen LogP contribution in [0.1, 0.15) is 20.3 Å². The summed E-state index contributed by atoms with van der Waals surface area (Å²) in [5, 5.41) is 8.20. The Kier molecular flexibility index (Phi) is 4.93. The molecule has 0 fully saturated rings. The Morgan fingerprint density at radius 1 is 1.03 bits per heavy atom. The highest BCUT2D eigenvalue weighted by Crippen LogP contribution is 2.27. The number of rotatable bonds is 4. The molecule has 3 heterocycles. The fourth-order valence-corrected chi connectivity index (χ4v) is 2.85. The Labute approximate surface area is 177 Å². The Bertz CT molecular complexity index is 1230. The second-order valence-electron chi connectivity index (χ2n) is 6.85. The van der Waals surface area contributed by atoms with Gasteiger partial charge in [-0.3, -0.25) is 9.78 Å². The van der Waals surface area contributed by atoms with Crippen LogP contribution in [-0.4, -0.2) is 50.1 Å². The highest BCUT2D eigenvalue weighted by molar-refractivity contribution is 5.94. The first-order chi connectivity index (χ1) is 14.4. The normalized spacial score (nSPS) is 10.8. The summed E-state index contributed by atoms with van der Waals surface area (Å²) in [6.07, 6.45) is 3.24. The average molecular weight is 407 g/mol. The summed E-state index contributed by atoms with van der Waals surface area (Å²) in [7, 11) is 3.43. The van der Waals surface area contributed by atoms with Crippen molar-refractivity contribution in [3.63, 3.8) is 0 Å². The van der Waals surface area contributed by atoms with E-state index in [2.05, 4.69) is 25.1 Å². The molecule has 0 bridgehead atoms. The van der Waals surface area contributed by atoms with Gasteiger partial charge >= 0.3 is 0 Å². The lowest BCUT2D eigenvalue weighted by Gasteiger charge is -2.10. The number of carbonyl (C=O) groups is 1. The van der Waals surface area contributed by atoms with Crippen LogP contribution in [0.3, 0.4) is 0 Å². The number of hydrogen-bond donors (Lipinski definition) is 1. The van der Waals surface area contributed by atoms with E-state index in [1.807, 2.05) is 19.1 Å². The number of benzene rings is 1. The van der Waals surface area contributed by atoms with Gasteiger partial charge in [-0.1, -0.05) is 12.1 Å². The lowest BCUT2D eigenvalue weighted by molar-refractivity contribution is 0.0827. The average Bonchev–Trinajstić information content (AvgIpc) is 3.24. The molecule has 0 radical (unpaired) electrons. The third kappa shape index (κ3) is 3.72. The van der Waals surface area contributed by atoms with Gasteiger partial charge in [-0.25, -0.2) is 9.97 Å². The minimum Gasteiger partial charge on any atom is -0.415 e. The van der Waals surface area contributed by atoms with Gasteiger partial charge in [-0.2, -0.15) is 0 Å². The molecule has 0 aliphatic carbocycles. The Morgan fingerprint density at radius 2 is 1.77 bits per heavy atom. The zero-order chi connectivity index (χ0) is 21.3. The number of carbonyl (C=O) groups excluding carboxylic acids is 1. The zero-order valence-corrected chi connectivity index (χ0v) is 16.7. The first-order valence-electron chi connectivity index (χ1n) is 9.14. The molecule has 1 aromatic carbocycles. The van der Waals surface area contributed by atoms with Gasteiger partial charge in [-0.15, -0.1) is 10.2 Å². The van der Waals surface area contributed by atoms with Gasteiger partial charge < -0.3 is 15.1 Å². The van der Waals surface area contributed by atoms with Gasteiger partial charge in [0.1, 0.15) is 11.5 Å². The molecule has 0 unspecified atom stereocenters. The summed E-state index contributed by atoms with van der Waals surface area (Å²) in [4.78, 5) is 26.6. The van der Waals surface area contributed by atoms with Crippen LogP contribution in [0.2, 0.25) is 0 Å². The third-order valence-electron chi connectivity index (χ3n) is 4.44. The molecule has 0 spiro atoms. The fourth-order valence-electron chi connectivity index (χ4n) is 2.85. The van der Waals surface area contributed by atoms with Crippen molar-refractivity contribution >= 4 is 11.7 Å². The minimum atomic E-state index is -0.0626. The van der Waals surface area contributed by atoms with Crippen LogP contribution < -0.4 is 5.73 Å². The minimum absolute atomic E-state index is 0. The van der Waals surface area contributed by atoms with Crippen molar-refractivity contribution in [1.29, 1.82) is 0 Å². The number of nitrogens with two attached hydrogens (primary N) is 1. The van der Waals surface area contributed by atoms with E-state index in [0.717, 1.165) is 5.56 Å². The van der Waals surface area contributed by atoms with Crippen LogP contribution in [0.4, 0.5) is 5.82 Å². The zero-order valence-electron chi connectivity index (χ0n) is 16.7. The number of nitrogens with zero attached hydrogens (tertiary/aromatic N) is 6. The molecule has 4 aromatic rings. The van der Waals surface area contributed by atoms with Crippen LogP contribution in [0.5, 0.6) is 0 Å². The summed E-state index contributed by atoms with van der Waals surface area (Å²) < 4.78 is 5.80. The van der Waals surface area contributed by atoms with E-state index in [4.69, 9.17) is 10.2 Å². The fraction of sp³-hybridized carbons (Fsp3) is 0.143. The van der Waals surface area contributed by atoms with Crippen molar-refractivity contribution in [3.05, 3.63) is 60.0 Å². The highest BCUT2D eigenvalue weighted by Gasteiger charge is 2.17. The number of aryl methyl sites for hydroxylation is 1. The Hall–Kier alpha value is -4.14. The molecule has 3 aromatic heterocycles. The van der Waals surface area contributed by atoms with Gasteiger partial charge in [-0.05, 0) is 31.2 Å². The van der Waals surface area contributed by atoms with E-state index < -0.39 is 0 Å². The lowest BCUT2D eigenvalue weighted by Crippen LogP contribution is -2.21. The topological polar surface area (TPSA) is 124 Å². The molecule has 4 rings (SSSR count). The maximum atomic E-state index is 12.1. The van der Waals surface area contributed by atoms with Crippen molar-refractivity contribution in [3.8, 4) is 34.3 Å². The summed E-state index contributed by atoms with van der Waals surface area (Å²) in [6, 6.07) is 10.6. The van der Waals surface area contributed by atoms with Gasteiger partial charge in [0, 0.05) is 41.3 Å². The predicted octanol–water partition coefficient (Wildman–Crippen LogP) is 3.59. The predicted molar refractivity (Wildman–Crippen MR) is 117 cm³/mol. The maximum absolute atomic E-state index is 12.1. The number of anilines is 1. The molecular formula is C21H25N7O2. The van der Waals surface area contributed by atoms with Crippen molar-refractivity contribution < 1.29 is 13.5 Å². The molecule has 2 N–H and O–H groups in total. The monoisotopic (exact) mass is 407 g/mol. The largest absolute Gasteiger partial charge is 0.415 e. The second-order valence-corrected chi connectivity index (χ2v) is 6.85. The number of hydrogen-bond acceptors (Lipinski definition) is 8. The van der Waals surface area contributed by atoms with E-state index in [9.17, 15) is 4.79 Å². The molecule has 0 atom stereocenters. The molecule has 0 saturated heterocycles. The Morgan fingerprint density at radius 3 is 2.47 bits per heavy atom. The quantitative estimate of drug-likeness (QED) is 0.544.